The van der Waals surface area contributed by atoms with Crippen LogP contribution in [0, 0.1) is 5.82 Å². The summed E-state index contributed by atoms with van der Waals surface area (Å²) in [5.74, 6) is -0.176. The molecule has 0 bridgehead atoms. The fourth-order valence-electron chi connectivity index (χ4n) is 1.71. The lowest BCUT2D eigenvalue weighted by Gasteiger charge is -2.08. The van der Waals surface area contributed by atoms with Gasteiger partial charge in [0.05, 0.1) is 5.38 Å². The Balaban J connectivity index is 2.11. The maximum atomic E-state index is 13.5. The van der Waals surface area contributed by atoms with Crippen molar-refractivity contribution in [3.63, 3.8) is 0 Å². The summed E-state index contributed by atoms with van der Waals surface area (Å²) in [7, 11) is 0. The Bertz CT molecular complexity index is 492. The van der Waals surface area contributed by atoms with Crippen molar-refractivity contribution in [2.75, 3.05) is 0 Å². The number of thiophene rings is 1. The van der Waals surface area contributed by atoms with Crippen LogP contribution in [0.25, 0.3) is 0 Å². The van der Waals surface area contributed by atoms with Crippen molar-refractivity contribution in [2.45, 2.75) is 25.1 Å². The fraction of sp³-hybridized carbons (Fsp3) is 0.286. The lowest BCUT2D eigenvalue weighted by molar-refractivity contribution is 0.608. The van der Waals surface area contributed by atoms with Gasteiger partial charge in [0.15, 0.2) is 0 Å². The number of hydrogen-bond donors (Lipinski definition) is 0. The molecule has 1 aromatic heterocycles. The highest BCUT2D eigenvalue weighted by molar-refractivity contribution is 7.12. The third kappa shape index (κ3) is 3.08. The summed E-state index contributed by atoms with van der Waals surface area (Å²) in [4.78, 5) is 2.44. The van der Waals surface area contributed by atoms with Gasteiger partial charge in [0, 0.05) is 9.75 Å². The van der Waals surface area contributed by atoms with Crippen LogP contribution in [0.4, 0.5) is 4.39 Å². The van der Waals surface area contributed by atoms with Gasteiger partial charge in [0.1, 0.15) is 5.82 Å². The molecule has 0 amide bonds. The lowest BCUT2D eigenvalue weighted by atomic mass is 10.1. The Morgan fingerprint density at radius 3 is 2.65 bits per heavy atom. The van der Waals surface area contributed by atoms with E-state index in [4.69, 9.17) is 11.6 Å². The SMILES string of the molecule is CCc1ccc(C(Cl)Cc2ccccc2F)s1. The molecular weight excluding hydrogens is 255 g/mol. The van der Waals surface area contributed by atoms with Gasteiger partial charge in [0.2, 0.25) is 0 Å². The van der Waals surface area contributed by atoms with Crippen LogP contribution in [-0.2, 0) is 12.8 Å². The van der Waals surface area contributed by atoms with Crippen molar-refractivity contribution in [3.8, 4) is 0 Å². The zero-order valence-electron chi connectivity index (χ0n) is 9.62. The highest BCUT2D eigenvalue weighted by Crippen LogP contribution is 2.31. The molecule has 3 heteroatoms. The molecule has 0 saturated heterocycles. The summed E-state index contributed by atoms with van der Waals surface area (Å²) in [6.07, 6.45) is 1.56. The first kappa shape index (κ1) is 12.6. The molecule has 0 radical (unpaired) electrons. The van der Waals surface area contributed by atoms with E-state index < -0.39 is 0 Å². The van der Waals surface area contributed by atoms with Crippen LogP contribution < -0.4 is 0 Å². The summed E-state index contributed by atoms with van der Waals surface area (Å²) in [6.45, 7) is 2.12. The second kappa shape index (κ2) is 5.65. The molecule has 0 N–H and O–H groups in total. The van der Waals surface area contributed by atoms with Gasteiger partial charge in [-0.1, -0.05) is 25.1 Å². The highest BCUT2D eigenvalue weighted by atomic mass is 35.5. The number of halogens is 2. The van der Waals surface area contributed by atoms with Crippen molar-refractivity contribution in [1.29, 1.82) is 0 Å². The molecule has 1 heterocycles. The van der Waals surface area contributed by atoms with E-state index in [9.17, 15) is 4.39 Å². The first-order valence-electron chi connectivity index (χ1n) is 5.66. The molecule has 1 aromatic carbocycles. The quantitative estimate of drug-likeness (QED) is 0.687. The third-order valence-corrected chi connectivity index (χ3v) is 4.56. The van der Waals surface area contributed by atoms with Gasteiger partial charge < -0.3 is 0 Å². The van der Waals surface area contributed by atoms with Gasteiger partial charge in [-0.2, -0.15) is 0 Å². The van der Waals surface area contributed by atoms with Crippen LogP contribution in [0.1, 0.15) is 27.6 Å². The van der Waals surface area contributed by atoms with E-state index in [1.165, 1.54) is 10.9 Å². The van der Waals surface area contributed by atoms with Crippen LogP contribution in [-0.4, -0.2) is 0 Å². The van der Waals surface area contributed by atoms with Crippen molar-refractivity contribution >= 4 is 22.9 Å². The first-order valence-corrected chi connectivity index (χ1v) is 6.92. The summed E-state index contributed by atoms with van der Waals surface area (Å²) in [5.41, 5.74) is 0.680. The van der Waals surface area contributed by atoms with E-state index in [1.807, 2.05) is 12.1 Å². The third-order valence-electron chi connectivity index (χ3n) is 2.70. The van der Waals surface area contributed by atoms with Crippen LogP contribution in [0.5, 0.6) is 0 Å². The summed E-state index contributed by atoms with van der Waals surface area (Å²) in [6, 6.07) is 10.9. The van der Waals surface area contributed by atoms with Crippen LogP contribution in [0.2, 0.25) is 0 Å². The minimum atomic E-state index is -0.176. The minimum Gasteiger partial charge on any atom is -0.207 e. The molecule has 0 nitrogen and oxygen atoms in total. The molecule has 0 saturated carbocycles. The number of alkyl halides is 1. The van der Waals surface area contributed by atoms with E-state index >= 15 is 0 Å². The van der Waals surface area contributed by atoms with Crippen LogP contribution in [0.3, 0.4) is 0 Å². The maximum absolute atomic E-state index is 13.5. The molecule has 2 rings (SSSR count). The van der Waals surface area contributed by atoms with Gasteiger partial charge in [-0.25, -0.2) is 4.39 Å². The predicted molar refractivity (Wildman–Crippen MR) is 72.4 cm³/mol. The number of hydrogen-bond acceptors (Lipinski definition) is 1. The molecule has 0 aliphatic rings. The monoisotopic (exact) mass is 268 g/mol. The topological polar surface area (TPSA) is 0 Å². The lowest BCUT2D eigenvalue weighted by Crippen LogP contribution is -1.96. The van der Waals surface area contributed by atoms with E-state index in [1.54, 1.807) is 23.5 Å². The van der Waals surface area contributed by atoms with Crippen molar-refractivity contribution < 1.29 is 4.39 Å². The van der Waals surface area contributed by atoms with Crippen molar-refractivity contribution in [1.82, 2.24) is 0 Å². The van der Waals surface area contributed by atoms with E-state index in [-0.39, 0.29) is 11.2 Å². The molecule has 2 aromatic rings. The largest absolute Gasteiger partial charge is 0.207 e. The Kier molecular flexibility index (Phi) is 4.19. The molecular formula is C14H14ClFS. The number of rotatable bonds is 4. The van der Waals surface area contributed by atoms with Gasteiger partial charge in [-0.3, -0.25) is 0 Å². The van der Waals surface area contributed by atoms with Crippen LogP contribution >= 0.6 is 22.9 Å². The van der Waals surface area contributed by atoms with Gasteiger partial charge in [0.25, 0.3) is 0 Å². The second-order valence-corrected chi connectivity index (χ2v) is 5.65. The Morgan fingerprint density at radius 1 is 1.24 bits per heavy atom. The summed E-state index contributed by atoms with van der Waals surface area (Å²) >= 11 is 8.04. The molecule has 0 spiro atoms. The maximum Gasteiger partial charge on any atom is 0.126 e. The number of benzene rings is 1. The smallest absolute Gasteiger partial charge is 0.126 e. The van der Waals surface area contributed by atoms with Gasteiger partial charge in [-0.05, 0) is 36.6 Å². The molecule has 1 atom stereocenters. The second-order valence-electron chi connectivity index (χ2n) is 3.92. The minimum absolute atomic E-state index is 0.141. The summed E-state index contributed by atoms with van der Waals surface area (Å²) < 4.78 is 13.5. The predicted octanol–water partition coefficient (Wildman–Crippen LogP) is 4.97. The Labute approximate surface area is 110 Å². The first-order chi connectivity index (χ1) is 8.20. The van der Waals surface area contributed by atoms with Gasteiger partial charge >= 0.3 is 0 Å². The fourth-order valence-corrected chi connectivity index (χ4v) is 3.01. The molecule has 0 fully saturated rings. The Morgan fingerprint density at radius 2 is 2.00 bits per heavy atom. The molecule has 17 heavy (non-hydrogen) atoms. The molecule has 90 valence electrons. The van der Waals surface area contributed by atoms with Crippen molar-refractivity contribution in [3.05, 3.63) is 57.5 Å². The number of aryl methyl sites for hydroxylation is 1. The molecule has 0 aliphatic heterocycles. The zero-order valence-corrected chi connectivity index (χ0v) is 11.2. The average Bonchev–Trinajstić information content (AvgIpc) is 2.81. The van der Waals surface area contributed by atoms with Crippen molar-refractivity contribution in [2.24, 2.45) is 0 Å². The summed E-state index contributed by atoms with van der Waals surface area (Å²) in [5, 5.41) is -0.141. The van der Waals surface area contributed by atoms with Crippen LogP contribution in [0.15, 0.2) is 36.4 Å². The Hall–Kier alpha value is -0.860. The van der Waals surface area contributed by atoms with Gasteiger partial charge in [-0.15, -0.1) is 22.9 Å². The van der Waals surface area contributed by atoms with E-state index in [2.05, 4.69) is 13.0 Å². The normalized spacial score (nSPS) is 12.6. The molecule has 0 aliphatic carbocycles. The highest BCUT2D eigenvalue weighted by Gasteiger charge is 2.13. The zero-order chi connectivity index (χ0) is 12.3. The molecule has 1 unspecified atom stereocenters. The standard InChI is InChI=1S/C14H14ClFS/c1-2-11-7-8-14(17-11)12(15)9-10-5-3-4-6-13(10)16/h3-8,12H,2,9H2,1H3. The van der Waals surface area contributed by atoms with E-state index in [0.29, 0.717) is 12.0 Å². The van der Waals surface area contributed by atoms with E-state index in [0.717, 1.165) is 11.3 Å². The average molecular weight is 269 g/mol.